The third kappa shape index (κ3) is 13.0. The van der Waals surface area contributed by atoms with Gasteiger partial charge in [0, 0.05) is 68.0 Å². The molecular formula is C41H48F5N7O8. The number of carbonyl (C=O) groups is 6. The van der Waals surface area contributed by atoms with Gasteiger partial charge in [0.05, 0.1) is 17.8 Å². The molecular weight excluding hydrogens is 813 g/mol. The van der Waals surface area contributed by atoms with Crippen LogP contribution in [0.4, 0.5) is 22.0 Å². The highest BCUT2D eigenvalue weighted by molar-refractivity contribution is 6.12. The lowest BCUT2D eigenvalue weighted by Gasteiger charge is -2.40. The van der Waals surface area contributed by atoms with E-state index in [0.29, 0.717) is 36.9 Å². The Hall–Kier alpha value is -6.02. The van der Waals surface area contributed by atoms with Gasteiger partial charge in [-0.2, -0.15) is 18.3 Å². The van der Waals surface area contributed by atoms with E-state index in [9.17, 15) is 51.0 Å². The van der Waals surface area contributed by atoms with Crippen molar-refractivity contribution in [1.29, 1.82) is 0 Å². The summed E-state index contributed by atoms with van der Waals surface area (Å²) in [7, 11) is 0. The average Bonchev–Trinajstić information content (AvgIpc) is 3.92. The zero-order chi connectivity index (χ0) is 45.2. The van der Waals surface area contributed by atoms with Crippen LogP contribution in [-0.4, -0.2) is 110 Å². The first-order valence-electron chi connectivity index (χ1n) is 19.3. The van der Waals surface area contributed by atoms with Crippen LogP contribution in [0.5, 0.6) is 0 Å². The maximum Gasteiger partial charge on any atom is 0.490 e. The van der Waals surface area contributed by atoms with Gasteiger partial charge in [-0.3, -0.25) is 28.9 Å². The number of aliphatic carboxylic acids is 1. The fourth-order valence-electron chi connectivity index (χ4n) is 7.06. The van der Waals surface area contributed by atoms with E-state index < -0.39 is 71.5 Å². The number of halogens is 5. The molecule has 0 saturated heterocycles. The van der Waals surface area contributed by atoms with Gasteiger partial charge in [-0.05, 0) is 48.8 Å². The lowest BCUT2D eigenvalue weighted by Crippen LogP contribution is -2.49. The van der Waals surface area contributed by atoms with E-state index in [1.807, 2.05) is 51.1 Å². The Labute approximate surface area is 347 Å². The van der Waals surface area contributed by atoms with Crippen molar-refractivity contribution in [3.8, 4) is 5.69 Å². The van der Waals surface area contributed by atoms with Crippen molar-refractivity contribution in [2.24, 2.45) is 17.1 Å². The molecule has 1 aliphatic heterocycles. The molecule has 3 aromatic rings. The minimum Gasteiger partial charge on any atom is -0.475 e. The van der Waals surface area contributed by atoms with Crippen molar-refractivity contribution in [2.45, 2.75) is 77.2 Å². The molecule has 5 rings (SSSR count). The Kier molecular flexibility index (Phi) is 16.0. The number of aromatic nitrogens is 2. The first-order valence-corrected chi connectivity index (χ1v) is 19.3. The van der Waals surface area contributed by atoms with Crippen LogP contribution >= 0.6 is 0 Å². The number of nitrogens with two attached hydrogens (primary N) is 1. The summed E-state index contributed by atoms with van der Waals surface area (Å²) in [6.07, 6.45) is 0.732. The van der Waals surface area contributed by atoms with E-state index >= 15 is 0 Å². The summed E-state index contributed by atoms with van der Waals surface area (Å²) in [5.74, 6) is -6.63. The number of rotatable bonds is 15. The standard InChI is InChI=1S/C39H47F2N7O6.C2HF3O2/c1-39(2,3)36(35-26(19-24-7-5-4-6-8-24)22-48(45-35)31-21-27(40)10-12-29(31)41)47(34(52)23-49)17-15-30(42)38(54)44-28-11-9-25(20-28)37(53)43-16-18-46-32(50)13-14-33(46)51;3-2(4,5)1(6)7/h4-8,10,12-14,21-22,25,28,30,36,49H,9,11,15-20,23,42H2,1-3H3,(H,43,53)(H,44,54);(H,6,7)/t25-,28-,30+,36+;/m1./s1. The second-order valence-electron chi connectivity index (χ2n) is 15.6. The Morgan fingerprint density at radius 1 is 1.00 bits per heavy atom. The van der Waals surface area contributed by atoms with Gasteiger partial charge in [0.25, 0.3) is 11.8 Å². The lowest BCUT2D eigenvalue weighted by atomic mass is 9.81. The second-order valence-corrected chi connectivity index (χ2v) is 15.6. The van der Waals surface area contributed by atoms with Gasteiger partial charge in [0.15, 0.2) is 0 Å². The number of aliphatic hydroxyl groups is 1. The number of alkyl halides is 3. The predicted molar refractivity (Wildman–Crippen MR) is 208 cm³/mol. The molecule has 1 saturated carbocycles. The van der Waals surface area contributed by atoms with E-state index in [0.717, 1.165) is 28.7 Å². The van der Waals surface area contributed by atoms with Gasteiger partial charge in [-0.15, -0.1) is 0 Å². The first kappa shape index (κ1) is 47.7. The molecule has 0 spiro atoms. The van der Waals surface area contributed by atoms with E-state index in [1.54, 1.807) is 6.20 Å². The average molecular weight is 862 g/mol. The highest BCUT2D eigenvalue weighted by atomic mass is 19.4. The molecule has 5 amide bonds. The van der Waals surface area contributed by atoms with Gasteiger partial charge in [0.2, 0.25) is 17.7 Å². The van der Waals surface area contributed by atoms with Gasteiger partial charge < -0.3 is 31.5 Å². The SMILES string of the molecule is CC(C)(C)[C@H](c1nn(-c2cc(F)ccc2F)cc1Cc1ccccc1)N(CC[C@H](N)C(=O)N[C@@H]1CC[C@@H](C(=O)NCCN2C(=O)C=CC2=O)C1)C(=O)CO.O=C(O)C(F)(F)F. The van der Waals surface area contributed by atoms with Gasteiger partial charge in [0.1, 0.15) is 23.9 Å². The molecule has 15 nitrogen and oxygen atoms in total. The van der Waals surface area contributed by atoms with Gasteiger partial charge in [-0.1, -0.05) is 51.1 Å². The maximum atomic E-state index is 15.0. The number of carboxylic acids is 1. The van der Waals surface area contributed by atoms with Crippen molar-refractivity contribution in [3.63, 3.8) is 0 Å². The Balaban J connectivity index is 0.00000107. The van der Waals surface area contributed by atoms with Crippen LogP contribution in [0.25, 0.3) is 5.69 Å². The van der Waals surface area contributed by atoms with Crippen LogP contribution in [0, 0.1) is 23.0 Å². The zero-order valence-electron chi connectivity index (χ0n) is 33.6. The fourth-order valence-corrected chi connectivity index (χ4v) is 7.06. The monoisotopic (exact) mass is 861 g/mol. The third-order valence-electron chi connectivity index (χ3n) is 10.0. The van der Waals surface area contributed by atoms with E-state index in [2.05, 4.69) is 10.6 Å². The second kappa shape index (κ2) is 20.5. The molecule has 4 atom stereocenters. The largest absolute Gasteiger partial charge is 0.490 e. The molecule has 6 N–H and O–H groups in total. The number of carboxylic acid groups (broad SMARTS) is 1. The highest BCUT2D eigenvalue weighted by Gasteiger charge is 2.40. The van der Waals surface area contributed by atoms with Gasteiger partial charge >= 0.3 is 12.1 Å². The summed E-state index contributed by atoms with van der Waals surface area (Å²) in [6, 6.07) is 10.4. The van der Waals surface area contributed by atoms with Crippen LogP contribution in [-0.2, 0) is 35.2 Å². The number of hydrogen-bond acceptors (Lipinski definition) is 9. The number of imide groups is 1. The van der Waals surface area contributed by atoms with Gasteiger partial charge in [-0.25, -0.2) is 18.3 Å². The van der Waals surface area contributed by atoms with Crippen LogP contribution in [0.1, 0.15) is 69.3 Å². The number of amides is 5. The maximum absolute atomic E-state index is 15.0. The number of benzene rings is 2. The number of carbonyl (C=O) groups excluding carboxylic acids is 5. The number of nitrogens with one attached hydrogen (secondary N) is 2. The van der Waals surface area contributed by atoms with Crippen molar-refractivity contribution >= 4 is 35.5 Å². The molecule has 2 heterocycles. The molecule has 0 bridgehead atoms. The van der Waals surface area contributed by atoms with E-state index in [1.165, 1.54) is 21.7 Å². The van der Waals surface area contributed by atoms with Crippen molar-refractivity contribution in [2.75, 3.05) is 26.2 Å². The molecule has 20 heteroatoms. The molecule has 2 aromatic carbocycles. The zero-order valence-corrected chi connectivity index (χ0v) is 33.6. The fraction of sp³-hybridized carbons (Fsp3) is 0.439. The number of nitrogens with zero attached hydrogens (tertiary/aromatic N) is 4. The highest BCUT2D eigenvalue weighted by Crippen LogP contribution is 2.40. The Morgan fingerprint density at radius 3 is 2.23 bits per heavy atom. The lowest BCUT2D eigenvalue weighted by molar-refractivity contribution is -0.192. The first-order chi connectivity index (χ1) is 28.6. The quantitative estimate of drug-likeness (QED) is 0.111. The molecule has 2 aliphatic rings. The number of aliphatic hydroxyl groups excluding tert-OH is 1. The van der Waals surface area contributed by atoms with Crippen LogP contribution in [0.15, 0.2) is 66.9 Å². The predicted octanol–water partition coefficient (Wildman–Crippen LogP) is 3.33. The topological polar surface area (TPSA) is 217 Å². The van der Waals surface area contributed by atoms with Crippen LogP contribution in [0.2, 0.25) is 0 Å². The summed E-state index contributed by atoms with van der Waals surface area (Å²) < 4.78 is 62.3. The van der Waals surface area contributed by atoms with Crippen molar-refractivity contribution in [1.82, 2.24) is 30.2 Å². The molecule has 1 aliphatic carbocycles. The van der Waals surface area contributed by atoms with Crippen molar-refractivity contribution < 1.29 is 60.9 Å². The molecule has 1 fully saturated rings. The summed E-state index contributed by atoms with van der Waals surface area (Å²) >= 11 is 0. The summed E-state index contributed by atoms with van der Waals surface area (Å²) in [4.78, 5) is 74.4. The van der Waals surface area contributed by atoms with Crippen LogP contribution < -0.4 is 16.4 Å². The molecule has 1 aromatic heterocycles. The molecule has 61 heavy (non-hydrogen) atoms. The van der Waals surface area contributed by atoms with E-state index in [4.69, 9.17) is 20.7 Å². The normalized spacial score (nSPS) is 17.4. The molecule has 330 valence electrons. The third-order valence-corrected chi connectivity index (χ3v) is 10.0. The Bertz CT molecular complexity index is 2090. The van der Waals surface area contributed by atoms with E-state index in [-0.39, 0.29) is 49.6 Å². The smallest absolute Gasteiger partial charge is 0.475 e. The molecule has 0 unspecified atom stereocenters. The Morgan fingerprint density at radius 2 is 1.64 bits per heavy atom. The summed E-state index contributed by atoms with van der Waals surface area (Å²) in [5, 5.41) is 27.6. The summed E-state index contributed by atoms with van der Waals surface area (Å²) in [6.45, 7) is 5.00. The number of hydrogen-bond donors (Lipinski definition) is 5. The summed E-state index contributed by atoms with van der Waals surface area (Å²) in [5.41, 5.74) is 7.55. The molecule has 0 radical (unpaired) electrons. The minimum atomic E-state index is -5.08. The minimum absolute atomic E-state index is 0.0246. The van der Waals surface area contributed by atoms with Crippen LogP contribution in [0.3, 0.4) is 0 Å². The van der Waals surface area contributed by atoms with Crippen molar-refractivity contribution in [3.05, 3.63) is 95.3 Å².